The number of H-pyrrole nitrogens is 1. The molecule has 0 aliphatic heterocycles. The van der Waals surface area contributed by atoms with E-state index in [4.69, 9.17) is 4.74 Å². The molecule has 0 aliphatic rings. The molecule has 0 fully saturated rings. The molecule has 0 radical (unpaired) electrons. The van der Waals surface area contributed by atoms with Crippen LogP contribution >= 0.6 is 15.9 Å². The number of benzene rings is 2. The standard InChI is InChI=1S/C15H13BrN2O/c1-9-3-4-10(7-12(9)16)15-17-13-6-5-11(19-2)8-14(13)18-15/h3-8H,1-2H3,(H,17,18). The molecule has 19 heavy (non-hydrogen) atoms. The topological polar surface area (TPSA) is 37.9 Å². The van der Waals surface area contributed by atoms with Gasteiger partial charge in [0, 0.05) is 16.1 Å². The second kappa shape index (κ2) is 4.70. The van der Waals surface area contributed by atoms with Crippen molar-refractivity contribution in [2.45, 2.75) is 6.92 Å². The third kappa shape index (κ3) is 2.24. The Morgan fingerprint density at radius 1 is 1.16 bits per heavy atom. The molecule has 1 N–H and O–H groups in total. The summed E-state index contributed by atoms with van der Waals surface area (Å²) in [5, 5.41) is 0. The lowest BCUT2D eigenvalue weighted by Crippen LogP contribution is -1.82. The molecule has 2 aromatic carbocycles. The van der Waals surface area contributed by atoms with Gasteiger partial charge in [-0.25, -0.2) is 4.98 Å². The van der Waals surface area contributed by atoms with E-state index in [-0.39, 0.29) is 0 Å². The average molecular weight is 317 g/mol. The van der Waals surface area contributed by atoms with Crippen molar-refractivity contribution in [3.63, 3.8) is 0 Å². The van der Waals surface area contributed by atoms with Crippen molar-refractivity contribution in [1.82, 2.24) is 9.97 Å². The van der Waals surface area contributed by atoms with Crippen LogP contribution in [0.3, 0.4) is 0 Å². The Bertz CT molecular complexity index is 749. The third-order valence-corrected chi connectivity index (χ3v) is 3.99. The molecular formula is C15H13BrN2O. The van der Waals surface area contributed by atoms with E-state index < -0.39 is 0 Å². The van der Waals surface area contributed by atoms with Gasteiger partial charge in [0.05, 0.1) is 18.1 Å². The minimum Gasteiger partial charge on any atom is -0.497 e. The Labute approximate surface area is 119 Å². The van der Waals surface area contributed by atoms with E-state index in [9.17, 15) is 0 Å². The fraction of sp³-hybridized carbons (Fsp3) is 0.133. The SMILES string of the molecule is COc1ccc2nc(-c3ccc(C)c(Br)c3)[nH]c2c1. The molecule has 0 spiro atoms. The highest BCUT2D eigenvalue weighted by Crippen LogP contribution is 2.26. The average Bonchev–Trinajstić information content (AvgIpc) is 2.84. The molecule has 4 heteroatoms. The van der Waals surface area contributed by atoms with E-state index in [0.717, 1.165) is 32.6 Å². The highest BCUT2D eigenvalue weighted by molar-refractivity contribution is 9.10. The number of halogens is 1. The molecule has 1 heterocycles. The van der Waals surface area contributed by atoms with Crippen molar-refractivity contribution in [3.8, 4) is 17.1 Å². The van der Waals surface area contributed by atoms with Crippen molar-refractivity contribution in [1.29, 1.82) is 0 Å². The number of aryl methyl sites for hydroxylation is 1. The monoisotopic (exact) mass is 316 g/mol. The maximum absolute atomic E-state index is 5.22. The molecule has 0 atom stereocenters. The second-order valence-corrected chi connectivity index (χ2v) is 5.29. The van der Waals surface area contributed by atoms with Gasteiger partial charge in [-0.2, -0.15) is 0 Å². The van der Waals surface area contributed by atoms with E-state index >= 15 is 0 Å². The molecule has 0 saturated heterocycles. The van der Waals surface area contributed by atoms with Crippen LogP contribution in [0.1, 0.15) is 5.56 Å². The molecule has 0 saturated carbocycles. The van der Waals surface area contributed by atoms with Crippen LogP contribution in [-0.4, -0.2) is 17.1 Å². The Hall–Kier alpha value is -1.81. The van der Waals surface area contributed by atoms with Gasteiger partial charge in [-0.05, 0) is 30.7 Å². The summed E-state index contributed by atoms with van der Waals surface area (Å²) in [7, 11) is 1.66. The smallest absolute Gasteiger partial charge is 0.138 e. The van der Waals surface area contributed by atoms with E-state index in [2.05, 4.69) is 51.0 Å². The summed E-state index contributed by atoms with van der Waals surface area (Å²) >= 11 is 3.55. The van der Waals surface area contributed by atoms with Crippen LogP contribution in [0.2, 0.25) is 0 Å². The Balaban J connectivity index is 2.11. The first-order valence-corrected chi connectivity index (χ1v) is 6.77. The molecule has 1 aromatic heterocycles. The van der Waals surface area contributed by atoms with E-state index in [0.29, 0.717) is 0 Å². The lowest BCUT2D eigenvalue weighted by atomic mass is 10.1. The first-order chi connectivity index (χ1) is 9.17. The molecule has 0 aliphatic carbocycles. The molecule has 3 aromatic rings. The van der Waals surface area contributed by atoms with Crippen LogP contribution < -0.4 is 4.74 Å². The largest absolute Gasteiger partial charge is 0.497 e. The Kier molecular flexibility index (Phi) is 3.03. The summed E-state index contributed by atoms with van der Waals surface area (Å²) < 4.78 is 6.30. The number of aromatic nitrogens is 2. The van der Waals surface area contributed by atoms with Gasteiger partial charge >= 0.3 is 0 Å². The number of imidazole rings is 1. The molecule has 3 nitrogen and oxygen atoms in total. The Morgan fingerprint density at radius 3 is 2.74 bits per heavy atom. The number of methoxy groups -OCH3 is 1. The van der Waals surface area contributed by atoms with Crippen molar-refractivity contribution in [3.05, 3.63) is 46.4 Å². The van der Waals surface area contributed by atoms with Crippen LogP contribution in [0.5, 0.6) is 5.75 Å². The van der Waals surface area contributed by atoms with Gasteiger partial charge in [0.15, 0.2) is 0 Å². The number of hydrogen-bond donors (Lipinski definition) is 1. The number of nitrogens with one attached hydrogen (secondary N) is 1. The summed E-state index contributed by atoms with van der Waals surface area (Å²) in [5.74, 6) is 1.69. The number of ether oxygens (including phenoxy) is 1. The zero-order valence-corrected chi connectivity index (χ0v) is 12.3. The van der Waals surface area contributed by atoms with Crippen LogP contribution in [0.15, 0.2) is 40.9 Å². The predicted molar refractivity (Wildman–Crippen MR) is 80.5 cm³/mol. The summed E-state index contributed by atoms with van der Waals surface area (Å²) in [5.41, 5.74) is 4.19. The van der Waals surface area contributed by atoms with Gasteiger partial charge in [0.1, 0.15) is 11.6 Å². The predicted octanol–water partition coefficient (Wildman–Crippen LogP) is 4.31. The maximum Gasteiger partial charge on any atom is 0.138 e. The lowest BCUT2D eigenvalue weighted by Gasteiger charge is -2.00. The Morgan fingerprint density at radius 2 is 2.00 bits per heavy atom. The van der Waals surface area contributed by atoms with Gasteiger partial charge in [-0.3, -0.25) is 0 Å². The zero-order valence-electron chi connectivity index (χ0n) is 10.7. The van der Waals surface area contributed by atoms with Gasteiger partial charge in [0.2, 0.25) is 0 Å². The molecule has 0 bridgehead atoms. The highest BCUT2D eigenvalue weighted by atomic mass is 79.9. The fourth-order valence-corrected chi connectivity index (χ4v) is 2.37. The van der Waals surface area contributed by atoms with Crippen LogP contribution in [0, 0.1) is 6.92 Å². The minimum atomic E-state index is 0.827. The first-order valence-electron chi connectivity index (χ1n) is 5.97. The number of nitrogens with zero attached hydrogens (tertiary/aromatic N) is 1. The molecular weight excluding hydrogens is 304 g/mol. The van der Waals surface area contributed by atoms with Gasteiger partial charge < -0.3 is 9.72 Å². The number of aromatic amines is 1. The molecule has 0 unspecified atom stereocenters. The van der Waals surface area contributed by atoms with Crippen molar-refractivity contribution < 1.29 is 4.74 Å². The first kappa shape index (κ1) is 12.2. The second-order valence-electron chi connectivity index (χ2n) is 4.43. The van der Waals surface area contributed by atoms with Crippen LogP contribution in [-0.2, 0) is 0 Å². The van der Waals surface area contributed by atoms with Crippen LogP contribution in [0.25, 0.3) is 22.4 Å². The zero-order chi connectivity index (χ0) is 13.4. The number of rotatable bonds is 2. The summed E-state index contributed by atoms with van der Waals surface area (Å²) in [6.45, 7) is 2.07. The summed E-state index contributed by atoms with van der Waals surface area (Å²) in [4.78, 5) is 7.92. The van der Waals surface area contributed by atoms with Gasteiger partial charge in [0.25, 0.3) is 0 Å². The van der Waals surface area contributed by atoms with E-state index in [1.165, 1.54) is 5.56 Å². The van der Waals surface area contributed by atoms with E-state index in [1.54, 1.807) is 7.11 Å². The van der Waals surface area contributed by atoms with Crippen molar-refractivity contribution in [2.75, 3.05) is 7.11 Å². The molecule has 96 valence electrons. The fourth-order valence-electron chi connectivity index (χ4n) is 1.99. The number of fused-ring (bicyclic) bond motifs is 1. The quantitative estimate of drug-likeness (QED) is 0.765. The normalized spacial score (nSPS) is 10.9. The third-order valence-electron chi connectivity index (χ3n) is 3.13. The van der Waals surface area contributed by atoms with Crippen molar-refractivity contribution in [2.24, 2.45) is 0 Å². The van der Waals surface area contributed by atoms with Crippen LogP contribution in [0.4, 0.5) is 0 Å². The molecule has 0 amide bonds. The number of hydrogen-bond acceptors (Lipinski definition) is 2. The maximum atomic E-state index is 5.22. The van der Waals surface area contributed by atoms with Gasteiger partial charge in [-0.1, -0.05) is 28.1 Å². The molecule has 3 rings (SSSR count). The van der Waals surface area contributed by atoms with Gasteiger partial charge in [-0.15, -0.1) is 0 Å². The van der Waals surface area contributed by atoms with Crippen molar-refractivity contribution >= 4 is 27.0 Å². The summed E-state index contributed by atoms with van der Waals surface area (Å²) in [6, 6.07) is 12.0. The lowest BCUT2D eigenvalue weighted by molar-refractivity contribution is 0.415. The highest BCUT2D eigenvalue weighted by Gasteiger charge is 2.07. The summed E-state index contributed by atoms with van der Waals surface area (Å²) in [6.07, 6.45) is 0. The minimum absolute atomic E-state index is 0.827. The van der Waals surface area contributed by atoms with E-state index in [1.807, 2.05) is 18.2 Å².